The lowest BCUT2D eigenvalue weighted by molar-refractivity contribution is 0.603. The normalized spacial score (nSPS) is 11.5. The van der Waals surface area contributed by atoms with Crippen molar-refractivity contribution in [3.63, 3.8) is 0 Å². The Morgan fingerprint density at radius 2 is 1.81 bits per heavy atom. The lowest BCUT2D eigenvalue weighted by atomic mass is 10.2. The smallest absolute Gasteiger partial charge is 0.272 e. The van der Waals surface area contributed by atoms with E-state index in [9.17, 15) is 8.42 Å². The first-order valence-corrected chi connectivity index (χ1v) is 9.85. The monoisotopic (exact) mass is 400 g/mol. The molecule has 3 aromatic rings. The molecule has 8 heteroatoms. The summed E-state index contributed by atoms with van der Waals surface area (Å²) in [4.78, 5) is 4.22. The first kappa shape index (κ1) is 14.7. The summed E-state index contributed by atoms with van der Waals surface area (Å²) in [6, 6.07) is 8.87. The molecule has 0 atom stereocenters. The van der Waals surface area contributed by atoms with Crippen molar-refractivity contribution in [3.8, 4) is 10.6 Å². The third-order valence-electron chi connectivity index (χ3n) is 2.64. The highest BCUT2D eigenvalue weighted by molar-refractivity contribution is 9.10. The maximum absolute atomic E-state index is 12.3. The van der Waals surface area contributed by atoms with Gasteiger partial charge < -0.3 is 0 Å². The van der Waals surface area contributed by atoms with E-state index in [0.29, 0.717) is 10.2 Å². The van der Waals surface area contributed by atoms with Crippen LogP contribution in [0.1, 0.15) is 0 Å². The average molecular weight is 401 g/mol. The number of benzene rings is 1. The number of anilines is 1. The minimum absolute atomic E-state index is 0.270. The summed E-state index contributed by atoms with van der Waals surface area (Å²) in [5.74, 6) is 0. The number of hydrogen-bond donors (Lipinski definition) is 1. The number of aromatic nitrogens is 1. The van der Waals surface area contributed by atoms with Gasteiger partial charge in [-0.3, -0.25) is 4.72 Å². The number of thiazole rings is 1. The predicted molar refractivity (Wildman–Crippen MR) is 90.4 cm³/mol. The van der Waals surface area contributed by atoms with Gasteiger partial charge in [0.25, 0.3) is 10.0 Å². The van der Waals surface area contributed by atoms with Gasteiger partial charge in [-0.15, -0.1) is 22.7 Å². The van der Waals surface area contributed by atoms with Gasteiger partial charge >= 0.3 is 0 Å². The van der Waals surface area contributed by atoms with Gasteiger partial charge in [0.15, 0.2) is 4.21 Å². The molecule has 0 radical (unpaired) electrons. The second-order valence-electron chi connectivity index (χ2n) is 4.08. The van der Waals surface area contributed by atoms with E-state index in [0.717, 1.165) is 10.6 Å². The number of sulfonamides is 1. The molecule has 2 aromatic heterocycles. The third kappa shape index (κ3) is 3.18. The molecule has 3 rings (SSSR count). The zero-order valence-electron chi connectivity index (χ0n) is 10.5. The molecule has 0 aliphatic rings. The number of nitrogens with zero attached hydrogens (tertiary/aromatic N) is 1. The number of hydrogen-bond acceptors (Lipinski definition) is 5. The number of rotatable bonds is 4. The maximum Gasteiger partial charge on any atom is 0.272 e. The van der Waals surface area contributed by atoms with Crippen LogP contribution in [0.5, 0.6) is 0 Å². The van der Waals surface area contributed by atoms with Crippen molar-refractivity contribution in [3.05, 3.63) is 51.8 Å². The summed E-state index contributed by atoms with van der Waals surface area (Å²) in [5.41, 5.74) is 1.49. The minimum atomic E-state index is -3.56. The Bertz CT molecular complexity index is 840. The predicted octanol–water partition coefficient (Wildman–Crippen LogP) is 4.43. The summed E-state index contributed by atoms with van der Waals surface area (Å²) in [6.45, 7) is 0. The standard InChI is InChI=1S/C13H9BrN2O2S3/c14-11-5-7-20-13(11)21(17,18)16-10-3-1-9(2-4-10)12-15-6-8-19-12/h1-8,16H. The minimum Gasteiger partial charge on any atom is -0.279 e. The largest absolute Gasteiger partial charge is 0.279 e. The first-order chi connectivity index (χ1) is 10.1. The molecule has 0 amide bonds. The summed E-state index contributed by atoms with van der Waals surface area (Å²) in [5, 5.41) is 4.54. The Labute approximate surface area is 138 Å². The highest BCUT2D eigenvalue weighted by atomic mass is 79.9. The quantitative estimate of drug-likeness (QED) is 0.704. The van der Waals surface area contributed by atoms with Crippen molar-refractivity contribution >= 4 is 54.3 Å². The highest BCUT2D eigenvalue weighted by Gasteiger charge is 2.19. The fourth-order valence-electron chi connectivity index (χ4n) is 1.72. The van der Waals surface area contributed by atoms with Crippen LogP contribution in [0.3, 0.4) is 0 Å². The van der Waals surface area contributed by atoms with Crippen LogP contribution >= 0.6 is 38.6 Å². The Kier molecular flexibility index (Phi) is 4.12. The van der Waals surface area contributed by atoms with Crippen molar-refractivity contribution in [2.24, 2.45) is 0 Å². The zero-order chi connectivity index (χ0) is 14.9. The summed E-state index contributed by atoms with van der Waals surface area (Å²) in [6.07, 6.45) is 1.74. The molecule has 21 heavy (non-hydrogen) atoms. The Hall–Kier alpha value is -1.22. The van der Waals surface area contributed by atoms with Gasteiger partial charge in [-0.25, -0.2) is 13.4 Å². The molecule has 0 unspecified atom stereocenters. The summed E-state index contributed by atoms with van der Waals surface area (Å²) >= 11 is 5.95. The third-order valence-corrected chi connectivity index (χ3v) is 7.52. The Morgan fingerprint density at radius 3 is 2.38 bits per heavy atom. The topological polar surface area (TPSA) is 59.1 Å². The molecule has 1 N–H and O–H groups in total. The molecule has 1 aromatic carbocycles. The molecule has 0 saturated carbocycles. The van der Waals surface area contributed by atoms with Crippen molar-refractivity contribution in [1.82, 2.24) is 4.98 Å². The van der Waals surface area contributed by atoms with Gasteiger partial charge in [-0.05, 0) is 51.6 Å². The SMILES string of the molecule is O=S(=O)(Nc1ccc(-c2nccs2)cc1)c1sccc1Br. The van der Waals surface area contributed by atoms with Gasteiger partial charge in [0, 0.05) is 27.3 Å². The second-order valence-corrected chi connectivity index (χ2v) is 8.62. The second kappa shape index (κ2) is 5.88. The maximum atomic E-state index is 12.3. The van der Waals surface area contributed by atoms with Crippen molar-refractivity contribution in [2.75, 3.05) is 4.72 Å². The molecule has 0 fully saturated rings. The zero-order valence-corrected chi connectivity index (χ0v) is 14.5. The van der Waals surface area contributed by atoms with E-state index in [1.807, 2.05) is 17.5 Å². The van der Waals surface area contributed by atoms with Crippen LogP contribution in [0.4, 0.5) is 5.69 Å². The number of halogens is 1. The van der Waals surface area contributed by atoms with Crippen LogP contribution in [-0.2, 0) is 10.0 Å². The summed E-state index contributed by atoms with van der Waals surface area (Å²) < 4.78 is 27.9. The van der Waals surface area contributed by atoms with E-state index < -0.39 is 10.0 Å². The van der Waals surface area contributed by atoms with E-state index in [4.69, 9.17) is 0 Å². The lowest BCUT2D eigenvalue weighted by Gasteiger charge is -2.07. The van der Waals surface area contributed by atoms with Crippen LogP contribution in [0.2, 0.25) is 0 Å². The molecule has 0 aliphatic carbocycles. The Morgan fingerprint density at radius 1 is 1.05 bits per heavy atom. The van der Waals surface area contributed by atoms with E-state index in [1.165, 1.54) is 11.3 Å². The van der Waals surface area contributed by atoms with Gasteiger partial charge in [-0.1, -0.05) is 0 Å². The van der Waals surface area contributed by atoms with Gasteiger partial charge in [0.2, 0.25) is 0 Å². The van der Waals surface area contributed by atoms with Gasteiger partial charge in [-0.2, -0.15) is 0 Å². The molecule has 0 saturated heterocycles. The molecule has 0 spiro atoms. The number of nitrogens with one attached hydrogen (secondary N) is 1. The Balaban J connectivity index is 1.84. The van der Waals surface area contributed by atoms with E-state index >= 15 is 0 Å². The average Bonchev–Trinajstić information content (AvgIpc) is 3.10. The van der Waals surface area contributed by atoms with E-state index in [2.05, 4.69) is 25.6 Å². The van der Waals surface area contributed by atoms with Crippen LogP contribution in [-0.4, -0.2) is 13.4 Å². The first-order valence-electron chi connectivity index (χ1n) is 5.82. The van der Waals surface area contributed by atoms with E-state index in [1.54, 1.807) is 41.1 Å². The van der Waals surface area contributed by atoms with Crippen LogP contribution in [0.15, 0.2) is 56.0 Å². The van der Waals surface area contributed by atoms with Crippen molar-refractivity contribution < 1.29 is 8.42 Å². The molecular weight excluding hydrogens is 392 g/mol. The van der Waals surface area contributed by atoms with Crippen LogP contribution < -0.4 is 4.72 Å². The molecule has 2 heterocycles. The van der Waals surface area contributed by atoms with Crippen LogP contribution in [0.25, 0.3) is 10.6 Å². The van der Waals surface area contributed by atoms with Crippen molar-refractivity contribution in [1.29, 1.82) is 0 Å². The van der Waals surface area contributed by atoms with E-state index in [-0.39, 0.29) is 4.21 Å². The molecular formula is C13H9BrN2O2S3. The van der Waals surface area contributed by atoms with Crippen molar-refractivity contribution in [2.45, 2.75) is 4.21 Å². The summed E-state index contributed by atoms with van der Waals surface area (Å²) in [7, 11) is -3.56. The molecule has 108 valence electrons. The van der Waals surface area contributed by atoms with Gasteiger partial charge in [0.05, 0.1) is 0 Å². The molecule has 0 aliphatic heterocycles. The fourth-order valence-corrected chi connectivity index (χ4v) is 5.76. The van der Waals surface area contributed by atoms with Gasteiger partial charge in [0.1, 0.15) is 5.01 Å². The highest BCUT2D eigenvalue weighted by Crippen LogP contribution is 2.30. The number of thiophene rings is 1. The molecule has 0 bridgehead atoms. The molecule has 4 nitrogen and oxygen atoms in total. The van der Waals surface area contributed by atoms with Crippen LogP contribution in [0, 0.1) is 0 Å². The lowest BCUT2D eigenvalue weighted by Crippen LogP contribution is -2.11. The fraction of sp³-hybridized carbons (Fsp3) is 0.